The number of nitrogens with one attached hydrogen (secondary N) is 2. The van der Waals surface area contributed by atoms with Crippen molar-refractivity contribution in [2.75, 3.05) is 13.1 Å². The first-order valence-electron chi connectivity index (χ1n) is 5.85. The van der Waals surface area contributed by atoms with E-state index in [1.54, 1.807) is 5.38 Å². The molecule has 0 spiro atoms. The Morgan fingerprint density at radius 1 is 1.59 bits per heavy atom. The summed E-state index contributed by atoms with van der Waals surface area (Å²) in [5.74, 6) is 0.153. The molecule has 2 N–H and O–H groups in total. The van der Waals surface area contributed by atoms with Crippen molar-refractivity contribution in [3.8, 4) is 0 Å². The van der Waals surface area contributed by atoms with Gasteiger partial charge in [-0.05, 0) is 19.8 Å². The van der Waals surface area contributed by atoms with Crippen LogP contribution >= 0.6 is 11.3 Å². The van der Waals surface area contributed by atoms with Crippen molar-refractivity contribution in [3.63, 3.8) is 0 Å². The second-order valence-electron chi connectivity index (χ2n) is 4.31. The Hall–Kier alpha value is -1.14. The van der Waals surface area contributed by atoms with Crippen LogP contribution in [0.1, 0.15) is 25.5 Å². The highest BCUT2D eigenvalue weighted by atomic mass is 32.1. The summed E-state index contributed by atoms with van der Waals surface area (Å²) in [6, 6.07) is -0.198. The Kier molecular flexibility index (Phi) is 3.96. The zero-order valence-corrected chi connectivity index (χ0v) is 10.7. The molecule has 1 unspecified atom stereocenters. The number of amides is 1. The van der Waals surface area contributed by atoms with Gasteiger partial charge in [-0.3, -0.25) is 9.59 Å². The molecule has 6 heteroatoms. The summed E-state index contributed by atoms with van der Waals surface area (Å²) in [6.07, 6.45) is 2.21. The average Bonchev–Trinajstić information content (AvgIpc) is 2.95. The molecule has 0 bridgehead atoms. The van der Waals surface area contributed by atoms with E-state index in [2.05, 4.69) is 10.3 Å². The topological polar surface area (TPSA) is 65.2 Å². The lowest BCUT2D eigenvalue weighted by Gasteiger charge is -2.20. The van der Waals surface area contributed by atoms with Crippen LogP contribution in [-0.2, 0) is 11.3 Å². The van der Waals surface area contributed by atoms with Gasteiger partial charge in [-0.2, -0.15) is 0 Å². The summed E-state index contributed by atoms with van der Waals surface area (Å²) in [7, 11) is 0. The third kappa shape index (κ3) is 3.17. The van der Waals surface area contributed by atoms with Gasteiger partial charge in [0.15, 0.2) is 0 Å². The largest absolute Gasteiger partial charge is 0.341 e. The van der Waals surface area contributed by atoms with Crippen molar-refractivity contribution in [1.82, 2.24) is 15.2 Å². The summed E-state index contributed by atoms with van der Waals surface area (Å²) < 4.78 is 0. The first-order valence-corrected chi connectivity index (χ1v) is 6.73. The number of hydrogen-bond donors (Lipinski definition) is 2. The minimum atomic E-state index is -0.198. The number of carbonyl (C=O) groups is 1. The van der Waals surface area contributed by atoms with Crippen molar-refractivity contribution >= 4 is 17.2 Å². The second kappa shape index (κ2) is 5.46. The third-order valence-corrected chi connectivity index (χ3v) is 3.68. The molecule has 2 rings (SSSR count). The van der Waals surface area contributed by atoms with Crippen LogP contribution in [0.25, 0.3) is 0 Å². The molecule has 0 aromatic carbocycles. The fraction of sp³-hybridized carbons (Fsp3) is 0.636. The highest BCUT2D eigenvalue weighted by Crippen LogP contribution is 2.09. The number of likely N-dealkylation sites (tertiary alicyclic amines) is 1. The maximum Gasteiger partial charge on any atom is 0.304 e. The molecule has 1 fully saturated rings. The Bertz CT molecular complexity index is 434. The van der Waals surface area contributed by atoms with E-state index in [-0.39, 0.29) is 16.8 Å². The first kappa shape index (κ1) is 12.3. The van der Waals surface area contributed by atoms with E-state index >= 15 is 0 Å². The fourth-order valence-corrected chi connectivity index (χ4v) is 2.54. The smallest absolute Gasteiger partial charge is 0.304 e. The highest BCUT2D eigenvalue weighted by molar-refractivity contribution is 7.07. The van der Waals surface area contributed by atoms with Crippen LogP contribution in [0, 0.1) is 0 Å². The van der Waals surface area contributed by atoms with Crippen LogP contribution in [0.15, 0.2) is 10.2 Å². The van der Waals surface area contributed by atoms with Gasteiger partial charge < -0.3 is 15.2 Å². The highest BCUT2D eigenvalue weighted by Gasteiger charge is 2.22. The van der Waals surface area contributed by atoms with Crippen molar-refractivity contribution in [2.24, 2.45) is 0 Å². The molecule has 94 valence electrons. The molecule has 1 aliphatic rings. The molecular formula is C11H17N3O2S. The van der Waals surface area contributed by atoms with Gasteiger partial charge in [-0.25, -0.2) is 0 Å². The van der Waals surface area contributed by atoms with Crippen LogP contribution in [0.3, 0.4) is 0 Å². The van der Waals surface area contributed by atoms with Gasteiger partial charge in [-0.1, -0.05) is 11.3 Å². The van der Waals surface area contributed by atoms with E-state index in [1.807, 2.05) is 11.8 Å². The molecule has 17 heavy (non-hydrogen) atoms. The zero-order chi connectivity index (χ0) is 12.3. The molecule has 1 aromatic heterocycles. The van der Waals surface area contributed by atoms with Crippen molar-refractivity contribution < 1.29 is 4.79 Å². The lowest BCUT2D eigenvalue weighted by atomic mass is 10.3. The van der Waals surface area contributed by atoms with Gasteiger partial charge in [0, 0.05) is 30.7 Å². The molecular weight excluding hydrogens is 238 g/mol. The van der Waals surface area contributed by atoms with Crippen molar-refractivity contribution in [2.45, 2.75) is 32.4 Å². The molecule has 1 amide bonds. The number of aromatic nitrogens is 1. The molecule has 0 radical (unpaired) electrons. The van der Waals surface area contributed by atoms with E-state index in [1.165, 1.54) is 0 Å². The standard InChI is InChI=1S/C11H17N3O2S/c1-8(10(15)14-4-2-3-5-14)12-6-9-7-17-11(16)13-9/h7-8,12H,2-6H2,1H3,(H,13,16). The van der Waals surface area contributed by atoms with E-state index in [4.69, 9.17) is 0 Å². The predicted molar refractivity (Wildman–Crippen MR) is 67.1 cm³/mol. The third-order valence-electron chi connectivity index (χ3n) is 2.96. The second-order valence-corrected chi connectivity index (χ2v) is 5.15. The molecule has 1 atom stereocenters. The number of H-pyrrole nitrogens is 1. The van der Waals surface area contributed by atoms with Crippen LogP contribution in [0.2, 0.25) is 0 Å². The van der Waals surface area contributed by atoms with Gasteiger partial charge >= 0.3 is 4.87 Å². The SMILES string of the molecule is CC(NCc1csc(=O)[nH]1)C(=O)N1CCCC1. The van der Waals surface area contributed by atoms with Crippen LogP contribution in [0.5, 0.6) is 0 Å². The minimum Gasteiger partial charge on any atom is -0.341 e. The average molecular weight is 255 g/mol. The van der Waals surface area contributed by atoms with E-state index in [0.717, 1.165) is 43.0 Å². The molecule has 0 aliphatic carbocycles. The summed E-state index contributed by atoms with van der Waals surface area (Å²) in [5, 5.41) is 4.91. The predicted octanol–water partition coefficient (Wildman–Crippen LogP) is 0.537. The number of hydrogen-bond acceptors (Lipinski definition) is 4. The lowest BCUT2D eigenvalue weighted by Crippen LogP contribution is -2.43. The molecule has 5 nitrogen and oxygen atoms in total. The molecule has 0 saturated carbocycles. The summed E-state index contributed by atoms with van der Waals surface area (Å²) in [4.78, 5) is 27.5. The van der Waals surface area contributed by atoms with Gasteiger partial charge in [0.2, 0.25) is 5.91 Å². The number of carbonyl (C=O) groups excluding carboxylic acids is 1. The Labute approximate surface area is 104 Å². The van der Waals surface area contributed by atoms with Crippen LogP contribution in [-0.4, -0.2) is 34.9 Å². The monoisotopic (exact) mass is 255 g/mol. The maximum atomic E-state index is 12.0. The number of rotatable bonds is 4. The van der Waals surface area contributed by atoms with Gasteiger partial charge in [0.05, 0.1) is 6.04 Å². The Morgan fingerprint density at radius 3 is 2.88 bits per heavy atom. The van der Waals surface area contributed by atoms with Crippen LogP contribution in [0.4, 0.5) is 0 Å². The molecule has 1 aromatic rings. The molecule has 2 heterocycles. The minimum absolute atomic E-state index is 0.0553. The Morgan fingerprint density at radius 2 is 2.29 bits per heavy atom. The lowest BCUT2D eigenvalue weighted by molar-refractivity contribution is -0.131. The summed E-state index contributed by atoms with van der Waals surface area (Å²) >= 11 is 1.14. The normalized spacial score (nSPS) is 17.4. The fourth-order valence-electron chi connectivity index (χ4n) is 1.96. The number of thiazole rings is 1. The van der Waals surface area contributed by atoms with E-state index in [0.29, 0.717) is 6.54 Å². The van der Waals surface area contributed by atoms with Gasteiger partial charge in [-0.15, -0.1) is 0 Å². The van der Waals surface area contributed by atoms with Gasteiger partial charge in [0.1, 0.15) is 0 Å². The quantitative estimate of drug-likeness (QED) is 0.825. The van der Waals surface area contributed by atoms with Crippen molar-refractivity contribution in [3.05, 3.63) is 20.7 Å². The Balaban J connectivity index is 1.82. The number of aromatic amines is 1. The molecule has 1 saturated heterocycles. The van der Waals surface area contributed by atoms with Crippen molar-refractivity contribution in [1.29, 1.82) is 0 Å². The van der Waals surface area contributed by atoms with Gasteiger partial charge in [0.25, 0.3) is 0 Å². The summed E-state index contributed by atoms with van der Waals surface area (Å²) in [5.41, 5.74) is 0.834. The van der Waals surface area contributed by atoms with E-state index in [9.17, 15) is 9.59 Å². The first-order chi connectivity index (χ1) is 8.16. The van der Waals surface area contributed by atoms with Crippen LogP contribution < -0.4 is 10.2 Å². The number of nitrogens with zero attached hydrogens (tertiary/aromatic N) is 1. The summed E-state index contributed by atoms with van der Waals surface area (Å²) in [6.45, 7) is 4.14. The molecule has 1 aliphatic heterocycles. The zero-order valence-electron chi connectivity index (χ0n) is 9.86. The van der Waals surface area contributed by atoms with E-state index < -0.39 is 0 Å². The maximum absolute atomic E-state index is 12.0.